The second kappa shape index (κ2) is 10.4. The van der Waals surface area contributed by atoms with Crippen LogP contribution in [0.15, 0.2) is 48.5 Å². The monoisotopic (exact) mass is 488 g/mol. The van der Waals surface area contributed by atoms with Gasteiger partial charge in [-0.15, -0.1) is 0 Å². The van der Waals surface area contributed by atoms with Crippen LogP contribution in [-0.2, 0) is 4.74 Å². The predicted octanol–water partition coefficient (Wildman–Crippen LogP) is 6.81. The molecular weight excluding hydrogens is 464 g/mol. The molecule has 0 bridgehead atoms. The Labute approximate surface area is 200 Å². The van der Waals surface area contributed by atoms with Crippen molar-refractivity contribution in [2.45, 2.75) is 37.7 Å². The van der Waals surface area contributed by atoms with E-state index in [1.165, 1.54) is 14.2 Å². The molecule has 0 aliphatic heterocycles. The lowest BCUT2D eigenvalue weighted by molar-refractivity contribution is 0.0188. The molecule has 0 saturated heterocycles. The van der Waals surface area contributed by atoms with Gasteiger partial charge in [0.15, 0.2) is 23.2 Å². The van der Waals surface area contributed by atoms with Crippen LogP contribution >= 0.6 is 0 Å². The van der Waals surface area contributed by atoms with E-state index >= 15 is 0 Å². The topological polar surface area (TPSA) is 44.8 Å². The average molecular weight is 488 g/mol. The average Bonchev–Trinajstić information content (AvgIpc) is 2.88. The maximum absolute atomic E-state index is 15.0. The summed E-state index contributed by atoms with van der Waals surface area (Å²) in [4.78, 5) is 12.4. The van der Waals surface area contributed by atoms with Crippen LogP contribution in [0.4, 0.5) is 17.6 Å². The van der Waals surface area contributed by atoms with Crippen molar-refractivity contribution in [2.75, 3.05) is 14.2 Å². The molecular formula is C27H24F4O4. The third-order valence-corrected chi connectivity index (χ3v) is 6.39. The largest absolute Gasteiger partial charge is 0.497 e. The van der Waals surface area contributed by atoms with Gasteiger partial charge >= 0.3 is 5.97 Å². The molecule has 0 atom stereocenters. The van der Waals surface area contributed by atoms with Gasteiger partial charge in [0.2, 0.25) is 5.82 Å². The first-order valence-electron chi connectivity index (χ1n) is 11.2. The summed E-state index contributed by atoms with van der Waals surface area (Å²) in [5.41, 5.74) is 0.442. The van der Waals surface area contributed by atoms with E-state index in [9.17, 15) is 22.4 Å². The fourth-order valence-electron chi connectivity index (χ4n) is 4.43. The zero-order valence-corrected chi connectivity index (χ0v) is 19.2. The van der Waals surface area contributed by atoms with Crippen molar-refractivity contribution < 1.29 is 36.6 Å². The van der Waals surface area contributed by atoms with Crippen LogP contribution in [0.25, 0.3) is 11.1 Å². The molecule has 1 fully saturated rings. The summed E-state index contributed by atoms with van der Waals surface area (Å²) in [7, 11) is 2.71. The SMILES string of the molecule is COc1ccc(-c2ccc(C3CCC(OC(=O)c4ccc(OC)c(F)c4F)CC3)c(F)c2F)cc1. The van der Waals surface area contributed by atoms with E-state index in [4.69, 9.17) is 14.2 Å². The first-order valence-corrected chi connectivity index (χ1v) is 11.2. The van der Waals surface area contributed by atoms with Crippen LogP contribution in [0.2, 0.25) is 0 Å². The molecule has 0 N–H and O–H groups in total. The van der Waals surface area contributed by atoms with Crippen molar-refractivity contribution in [3.8, 4) is 22.6 Å². The Morgan fingerprint density at radius 2 is 1.43 bits per heavy atom. The molecule has 0 radical (unpaired) electrons. The molecule has 1 saturated carbocycles. The quantitative estimate of drug-likeness (QED) is 0.282. The molecule has 0 amide bonds. The number of benzene rings is 3. The molecule has 4 nitrogen and oxygen atoms in total. The molecule has 1 aliphatic carbocycles. The fourth-order valence-corrected chi connectivity index (χ4v) is 4.43. The minimum Gasteiger partial charge on any atom is -0.497 e. The van der Waals surface area contributed by atoms with E-state index < -0.39 is 40.9 Å². The van der Waals surface area contributed by atoms with Crippen molar-refractivity contribution in [2.24, 2.45) is 0 Å². The molecule has 0 spiro atoms. The van der Waals surface area contributed by atoms with Crippen LogP contribution in [0.1, 0.15) is 47.5 Å². The maximum atomic E-state index is 15.0. The molecule has 0 heterocycles. The van der Waals surface area contributed by atoms with E-state index in [0.717, 1.165) is 12.1 Å². The van der Waals surface area contributed by atoms with Gasteiger partial charge < -0.3 is 14.2 Å². The van der Waals surface area contributed by atoms with Crippen molar-refractivity contribution in [3.05, 3.63) is 82.9 Å². The number of rotatable bonds is 6. The summed E-state index contributed by atoms with van der Waals surface area (Å²) >= 11 is 0. The zero-order chi connectivity index (χ0) is 25.1. The Kier molecular flexibility index (Phi) is 7.28. The molecule has 0 unspecified atom stereocenters. The van der Waals surface area contributed by atoms with Gasteiger partial charge in [0.05, 0.1) is 19.8 Å². The van der Waals surface area contributed by atoms with Gasteiger partial charge in [0, 0.05) is 5.56 Å². The molecule has 1 aliphatic rings. The number of esters is 1. The summed E-state index contributed by atoms with van der Waals surface area (Å²) in [5.74, 6) is -5.34. The van der Waals surface area contributed by atoms with E-state index in [0.29, 0.717) is 37.0 Å². The molecule has 3 aromatic carbocycles. The van der Waals surface area contributed by atoms with Gasteiger partial charge in [-0.1, -0.05) is 24.3 Å². The standard InChI is InChI=1S/C27H24F4O4/c1-33-17-7-3-15(4-8-17)19-11-12-20(24(29)23(19)28)16-5-9-18(10-6-16)35-27(32)21-13-14-22(34-2)26(31)25(21)30/h3-4,7-8,11-14,16,18H,5-6,9-10H2,1-2H3. The number of hydrogen-bond acceptors (Lipinski definition) is 4. The van der Waals surface area contributed by atoms with Gasteiger partial charge in [-0.3, -0.25) is 0 Å². The number of carbonyl (C=O) groups is 1. The Morgan fingerprint density at radius 1 is 0.743 bits per heavy atom. The molecule has 4 rings (SSSR count). The second-order valence-electron chi connectivity index (χ2n) is 8.38. The second-order valence-corrected chi connectivity index (χ2v) is 8.38. The number of methoxy groups -OCH3 is 2. The van der Waals surface area contributed by atoms with Crippen molar-refractivity contribution >= 4 is 5.97 Å². The van der Waals surface area contributed by atoms with E-state index in [2.05, 4.69) is 0 Å². The Balaban J connectivity index is 1.42. The van der Waals surface area contributed by atoms with Gasteiger partial charge in [-0.05, 0) is 67.0 Å². The minimum absolute atomic E-state index is 0.158. The van der Waals surface area contributed by atoms with Crippen LogP contribution in [0, 0.1) is 23.3 Å². The third-order valence-electron chi connectivity index (χ3n) is 6.39. The molecule has 184 valence electrons. The highest BCUT2D eigenvalue weighted by atomic mass is 19.2. The molecule has 8 heteroatoms. The Bertz CT molecular complexity index is 1220. The lowest BCUT2D eigenvalue weighted by atomic mass is 9.82. The van der Waals surface area contributed by atoms with Crippen molar-refractivity contribution in [1.29, 1.82) is 0 Å². The summed E-state index contributed by atoms with van der Waals surface area (Å²) in [6, 6.07) is 12.1. The summed E-state index contributed by atoms with van der Waals surface area (Å²) in [6.45, 7) is 0. The van der Waals surface area contributed by atoms with Gasteiger partial charge in [-0.2, -0.15) is 4.39 Å². The van der Waals surface area contributed by atoms with Crippen LogP contribution in [0.3, 0.4) is 0 Å². The first kappa shape index (κ1) is 24.6. The van der Waals surface area contributed by atoms with Crippen molar-refractivity contribution in [1.82, 2.24) is 0 Å². The van der Waals surface area contributed by atoms with Crippen molar-refractivity contribution in [3.63, 3.8) is 0 Å². The van der Waals surface area contributed by atoms with E-state index in [1.807, 2.05) is 0 Å². The highest BCUT2D eigenvalue weighted by Crippen LogP contribution is 2.38. The van der Waals surface area contributed by atoms with E-state index in [1.54, 1.807) is 36.4 Å². The normalized spacial score (nSPS) is 17.7. The lowest BCUT2D eigenvalue weighted by Gasteiger charge is -2.29. The summed E-state index contributed by atoms with van der Waals surface area (Å²) in [6.07, 6.45) is 1.15. The summed E-state index contributed by atoms with van der Waals surface area (Å²) in [5, 5.41) is 0. The Hall–Kier alpha value is -3.55. The van der Waals surface area contributed by atoms with Gasteiger partial charge in [0.1, 0.15) is 11.9 Å². The number of halogens is 4. The lowest BCUT2D eigenvalue weighted by Crippen LogP contribution is -2.25. The van der Waals surface area contributed by atoms with Crippen LogP contribution in [0.5, 0.6) is 11.5 Å². The number of ether oxygens (including phenoxy) is 3. The fraction of sp³-hybridized carbons (Fsp3) is 0.296. The highest BCUT2D eigenvalue weighted by Gasteiger charge is 2.30. The summed E-state index contributed by atoms with van der Waals surface area (Å²) < 4.78 is 73.1. The van der Waals surface area contributed by atoms with Crippen LogP contribution in [-0.4, -0.2) is 26.3 Å². The number of hydrogen-bond donors (Lipinski definition) is 0. The predicted molar refractivity (Wildman–Crippen MR) is 122 cm³/mol. The maximum Gasteiger partial charge on any atom is 0.341 e. The van der Waals surface area contributed by atoms with Gasteiger partial charge in [-0.25, -0.2) is 18.0 Å². The third kappa shape index (κ3) is 4.97. The highest BCUT2D eigenvalue weighted by molar-refractivity contribution is 5.90. The number of carbonyl (C=O) groups excluding carboxylic acids is 1. The van der Waals surface area contributed by atoms with Gasteiger partial charge in [0.25, 0.3) is 0 Å². The zero-order valence-electron chi connectivity index (χ0n) is 19.2. The van der Waals surface area contributed by atoms with Crippen LogP contribution < -0.4 is 9.47 Å². The van der Waals surface area contributed by atoms with E-state index in [-0.39, 0.29) is 22.8 Å². The minimum atomic E-state index is -1.34. The Morgan fingerprint density at radius 3 is 2.06 bits per heavy atom. The molecule has 0 aromatic heterocycles. The first-order chi connectivity index (χ1) is 16.8. The molecule has 35 heavy (non-hydrogen) atoms. The molecule has 3 aromatic rings. The smallest absolute Gasteiger partial charge is 0.341 e.